The molecule has 10 heavy (non-hydrogen) atoms. The maximum absolute atomic E-state index is 9.25. The van der Waals surface area contributed by atoms with E-state index in [1.807, 2.05) is 0 Å². The Bertz CT molecular complexity index is 291. The van der Waals surface area contributed by atoms with Crippen molar-refractivity contribution in [3.05, 3.63) is 22.7 Å². The highest BCUT2D eigenvalue weighted by molar-refractivity contribution is 9.10. The Morgan fingerprint density at radius 3 is 3.10 bits per heavy atom. The van der Waals surface area contributed by atoms with Crippen molar-refractivity contribution in [2.75, 3.05) is 7.04 Å². The zero-order valence-electron chi connectivity index (χ0n) is 7.97. The summed E-state index contributed by atoms with van der Waals surface area (Å²) in [6, 6.07) is 4.51. The van der Waals surface area contributed by atoms with Gasteiger partial charge in [-0.15, -0.1) is 0 Å². The van der Waals surface area contributed by atoms with Crippen molar-refractivity contribution < 1.29 is 14.0 Å². The fourth-order valence-corrected chi connectivity index (χ4v) is 1.04. The molecule has 0 aliphatic carbocycles. The predicted octanol–water partition coefficient (Wildman–Crippen LogP) is 2.16. The quantitative estimate of drug-likeness (QED) is 0.762. The number of ether oxygens (including phenoxy) is 1. The molecule has 1 aromatic rings. The van der Waals surface area contributed by atoms with Crippen molar-refractivity contribution in [2.45, 2.75) is 0 Å². The molecule has 0 aliphatic heterocycles. The summed E-state index contributed by atoms with van der Waals surface area (Å²) in [5.74, 6) is -0.270. The number of phenols is 1. The number of aromatic hydroxyl groups is 1. The molecule has 1 rings (SSSR count). The van der Waals surface area contributed by atoms with E-state index in [9.17, 15) is 5.11 Å². The van der Waals surface area contributed by atoms with Crippen molar-refractivity contribution in [1.82, 2.24) is 0 Å². The van der Waals surface area contributed by atoms with Crippen molar-refractivity contribution >= 4 is 15.9 Å². The molecule has 0 aromatic heterocycles. The Labute approximate surface area is 71.8 Å². The van der Waals surface area contributed by atoms with Gasteiger partial charge in [-0.05, 0) is 28.1 Å². The number of hydrogen-bond donors (Lipinski definition) is 1. The van der Waals surface area contributed by atoms with Gasteiger partial charge in [0, 0.05) is 0 Å². The third-order valence-corrected chi connectivity index (χ3v) is 1.67. The number of rotatable bonds is 1. The SMILES string of the molecule is [2H]C([2H])([2H])Oc1c(O)cccc1Br. The largest absolute Gasteiger partial charge is 0.504 e. The van der Waals surface area contributed by atoms with Crippen molar-refractivity contribution in [3.63, 3.8) is 0 Å². The molecule has 0 spiro atoms. The van der Waals surface area contributed by atoms with Gasteiger partial charge in [-0.3, -0.25) is 0 Å². The molecule has 0 aliphatic rings. The minimum atomic E-state index is -2.55. The summed E-state index contributed by atoms with van der Waals surface area (Å²) in [6.07, 6.45) is 0. The number of para-hydroxylation sites is 1. The molecule has 1 N–H and O–H groups in total. The van der Waals surface area contributed by atoms with Crippen LogP contribution in [0.25, 0.3) is 0 Å². The first-order chi connectivity index (χ1) is 5.90. The van der Waals surface area contributed by atoms with Gasteiger partial charge in [0.25, 0.3) is 0 Å². The van der Waals surface area contributed by atoms with Crippen LogP contribution in [-0.2, 0) is 0 Å². The van der Waals surface area contributed by atoms with E-state index in [0.717, 1.165) is 0 Å². The van der Waals surface area contributed by atoms with Crippen LogP contribution >= 0.6 is 15.9 Å². The number of phenolic OH excluding ortho intramolecular Hbond substituents is 1. The summed E-state index contributed by atoms with van der Waals surface area (Å²) in [6.45, 7) is 0. The van der Waals surface area contributed by atoms with Gasteiger partial charge in [-0.1, -0.05) is 6.07 Å². The lowest BCUT2D eigenvalue weighted by molar-refractivity contribution is 0.371. The second-order valence-corrected chi connectivity index (χ2v) is 2.54. The Morgan fingerprint density at radius 2 is 2.50 bits per heavy atom. The second-order valence-electron chi connectivity index (χ2n) is 1.69. The van der Waals surface area contributed by atoms with Gasteiger partial charge in [-0.25, -0.2) is 0 Å². The van der Waals surface area contributed by atoms with E-state index >= 15 is 0 Å². The molecule has 0 amide bonds. The van der Waals surface area contributed by atoms with Gasteiger partial charge < -0.3 is 9.84 Å². The van der Waals surface area contributed by atoms with E-state index in [2.05, 4.69) is 20.7 Å². The first-order valence-corrected chi connectivity index (χ1v) is 3.36. The zero-order chi connectivity index (χ0) is 10.1. The second kappa shape index (κ2) is 2.92. The maximum Gasteiger partial charge on any atom is 0.174 e. The van der Waals surface area contributed by atoms with Crippen LogP contribution in [0.3, 0.4) is 0 Å². The Balaban J connectivity index is 3.00. The summed E-state index contributed by atoms with van der Waals surface area (Å²) in [7, 11) is -2.55. The van der Waals surface area contributed by atoms with Crippen LogP contribution in [0.4, 0.5) is 0 Å². The molecule has 1 aromatic carbocycles. The third-order valence-electron chi connectivity index (χ3n) is 1.05. The number of hydrogen-bond acceptors (Lipinski definition) is 2. The molecule has 0 fully saturated rings. The number of methoxy groups -OCH3 is 1. The molecule has 0 bridgehead atoms. The van der Waals surface area contributed by atoms with Crippen LogP contribution in [0.15, 0.2) is 22.7 Å². The first-order valence-electron chi connectivity index (χ1n) is 4.06. The highest BCUT2D eigenvalue weighted by Gasteiger charge is 2.02. The van der Waals surface area contributed by atoms with E-state index < -0.39 is 7.04 Å². The van der Waals surface area contributed by atoms with E-state index in [4.69, 9.17) is 4.11 Å². The van der Waals surface area contributed by atoms with Crippen molar-refractivity contribution in [3.8, 4) is 11.5 Å². The van der Waals surface area contributed by atoms with Crippen LogP contribution in [0.5, 0.6) is 11.5 Å². The van der Waals surface area contributed by atoms with Crippen LogP contribution < -0.4 is 4.74 Å². The van der Waals surface area contributed by atoms with E-state index in [0.29, 0.717) is 4.47 Å². The molecule has 0 saturated heterocycles. The van der Waals surface area contributed by atoms with Crippen molar-refractivity contribution in [1.29, 1.82) is 0 Å². The van der Waals surface area contributed by atoms with Gasteiger partial charge in [0.1, 0.15) is 0 Å². The minimum Gasteiger partial charge on any atom is -0.504 e. The summed E-state index contributed by atoms with van der Waals surface area (Å²) in [4.78, 5) is 0. The Kier molecular flexibility index (Phi) is 1.24. The molecule has 0 radical (unpaired) electrons. The minimum absolute atomic E-state index is 0.0671. The van der Waals surface area contributed by atoms with Gasteiger partial charge in [-0.2, -0.15) is 0 Å². The van der Waals surface area contributed by atoms with Crippen LogP contribution in [0.1, 0.15) is 4.11 Å². The standard InChI is InChI=1S/C7H7BrO2/c1-10-7-5(8)3-2-4-6(7)9/h2-4,9H,1H3/i1D3. The zero-order valence-corrected chi connectivity index (χ0v) is 6.55. The molecule has 0 unspecified atom stereocenters. The Morgan fingerprint density at radius 1 is 1.70 bits per heavy atom. The summed E-state index contributed by atoms with van der Waals surface area (Å²) in [5, 5.41) is 9.25. The third kappa shape index (κ3) is 1.24. The fourth-order valence-electron chi connectivity index (χ4n) is 0.598. The highest BCUT2D eigenvalue weighted by atomic mass is 79.9. The molecule has 3 heteroatoms. The smallest absolute Gasteiger partial charge is 0.174 e. The fraction of sp³-hybridized carbons (Fsp3) is 0.143. The normalized spacial score (nSPS) is 15.1. The first kappa shape index (κ1) is 4.23. The average Bonchev–Trinajstić information content (AvgIpc) is 1.95. The van der Waals surface area contributed by atoms with Crippen molar-refractivity contribution in [2.24, 2.45) is 0 Å². The van der Waals surface area contributed by atoms with E-state index in [-0.39, 0.29) is 11.5 Å². The highest BCUT2D eigenvalue weighted by Crippen LogP contribution is 2.33. The number of halogens is 1. The summed E-state index contributed by atoms with van der Waals surface area (Å²) >= 11 is 3.06. The van der Waals surface area contributed by atoms with Gasteiger partial charge in [0.15, 0.2) is 11.5 Å². The molecule has 2 nitrogen and oxygen atoms in total. The summed E-state index contributed by atoms with van der Waals surface area (Å²) in [5.41, 5.74) is 0. The topological polar surface area (TPSA) is 29.5 Å². The average molecular weight is 206 g/mol. The number of benzene rings is 1. The molecular weight excluding hydrogens is 196 g/mol. The van der Waals surface area contributed by atoms with Crippen LogP contribution in [-0.4, -0.2) is 12.1 Å². The molecule has 0 heterocycles. The maximum atomic E-state index is 9.25. The predicted molar refractivity (Wildman–Crippen MR) is 42.4 cm³/mol. The lowest BCUT2D eigenvalue weighted by Gasteiger charge is -2.03. The lowest BCUT2D eigenvalue weighted by atomic mass is 10.3. The molecule has 0 saturated carbocycles. The van der Waals surface area contributed by atoms with E-state index in [1.54, 1.807) is 12.1 Å². The van der Waals surface area contributed by atoms with E-state index in [1.165, 1.54) is 6.07 Å². The monoisotopic (exact) mass is 205 g/mol. The van der Waals surface area contributed by atoms with Crippen LogP contribution in [0.2, 0.25) is 0 Å². The molecule has 54 valence electrons. The Hall–Kier alpha value is -0.700. The molecule has 0 atom stereocenters. The van der Waals surface area contributed by atoms with Gasteiger partial charge in [0.05, 0.1) is 15.6 Å². The van der Waals surface area contributed by atoms with Crippen LogP contribution in [0, 0.1) is 0 Å². The summed E-state index contributed by atoms with van der Waals surface area (Å²) < 4.78 is 25.5. The lowest BCUT2D eigenvalue weighted by Crippen LogP contribution is -1.83. The van der Waals surface area contributed by atoms with Gasteiger partial charge >= 0.3 is 0 Å². The van der Waals surface area contributed by atoms with Gasteiger partial charge in [0.2, 0.25) is 0 Å². The molecular formula is C7H7BrO2.